The zero-order chi connectivity index (χ0) is 17.1. The lowest BCUT2D eigenvalue weighted by Gasteiger charge is -2.31. The Kier molecular flexibility index (Phi) is 4.88. The molecule has 4 heterocycles. The molecule has 0 aliphatic carbocycles. The summed E-state index contributed by atoms with van der Waals surface area (Å²) in [6.45, 7) is 5.98. The maximum Gasteiger partial charge on any atom is 0.0845 e. The number of hydrogen-bond acceptors (Lipinski definition) is 6. The Morgan fingerprint density at radius 1 is 0.920 bits per heavy atom. The Labute approximate surface area is 153 Å². The van der Waals surface area contributed by atoms with Crippen LogP contribution in [-0.4, -0.2) is 66.1 Å². The molecule has 0 saturated carbocycles. The molecule has 0 radical (unpaired) electrons. The van der Waals surface area contributed by atoms with Crippen LogP contribution in [0.4, 0.5) is 11.4 Å². The highest BCUT2D eigenvalue weighted by Gasteiger charge is 2.22. The van der Waals surface area contributed by atoms with E-state index in [2.05, 4.69) is 55.7 Å². The van der Waals surface area contributed by atoms with Gasteiger partial charge >= 0.3 is 0 Å². The predicted molar refractivity (Wildman–Crippen MR) is 101 cm³/mol. The first kappa shape index (κ1) is 16.4. The molecule has 2 aliphatic rings. The van der Waals surface area contributed by atoms with E-state index in [1.807, 2.05) is 24.8 Å². The smallest absolute Gasteiger partial charge is 0.0845 e. The van der Waals surface area contributed by atoms with Crippen molar-refractivity contribution in [2.75, 3.05) is 51.2 Å². The number of nitrogens with zero attached hydrogens (tertiary/aromatic N) is 5. The van der Waals surface area contributed by atoms with E-state index in [0.717, 1.165) is 44.1 Å². The van der Waals surface area contributed by atoms with Crippen molar-refractivity contribution in [3.63, 3.8) is 0 Å². The zero-order valence-electron chi connectivity index (χ0n) is 14.4. The summed E-state index contributed by atoms with van der Waals surface area (Å²) < 4.78 is 0. The fraction of sp³-hybridized carbons (Fsp3) is 0.368. The van der Waals surface area contributed by atoms with Crippen LogP contribution in [0.25, 0.3) is 0 Å². The highest BCUT2D eigenvalue weighted by Crippen LogP contribution is 2.46. The first-order chi connectivity index (χ1) is 12.3. The molecule has 4 rings (SSSR count). The Bertz CT molecular complexity index is 759. The number of pyridine rings is 2. The molecule has 1 saturated heterocycles. The highest BCUT2D eigenvalue weighted by atomic mass is 32.2. The van der Waals surface area contributed by atoms with Crippen molar-refractivity contribution in [3.05, 3.63) is 36.9 Å². The van der Waals surface area contributed by atoms with E-state index >= 15 is 0 Å². The summed E-state index contributed by atoms with van der Waals surface area (Å²) in [6.07, 6.45) is 7.53. The molecular formula is C19H21N5S. The number of hydrogen-bond donors (Lipinski definition) is 0. The molecule has 0 aromatic carbocycles. The van der Waals surface area contributed by atoms with Gasteiger partial charge in [0.1, 0.15) is 0 Å². The predicted octanol–water partition coefficient (Wildman–Crippen LogP) is 2.33. The van der Waals surface area contributed by atoms with E-state index in [9.17, 15) is 0 Å². The summed E-state index contributed by atoms with van der Waals surface area (Å²) in [5, 5.41) is 0. The molecule has 5 nitrogen and oxygen atoms in total. The van der Waals surface area contributed by atoms with Crippen LogP contribution in [-0.2, 0) is 0 Å². The molecule has 0 amide bonds. The van der Waals surface area contributed by atoms with Crippen molar-refractivity contribution in [2.24, 2.45) is 0 Å². The third-order valence-electron chi connectivity index (χ3n) is 4.59. The van der Waals surface area contributed by atoms with Crippen LogP contribution in [0.1, 0.15) is 0 Å². The molecule has 2 aliphatic heterocycles. The molecule has 0 atom stereocenters. The Hall–Kier alpha value is -2.07. The van der Waals surface area contributed by atoms with Gasteiger partial charge in [-0.25, -0.2) is 0 Å². The lowest BCUT2D eigenvalue weighted by molar-refractivity contribution is 0.168. The summed E-state index contributed by atoms with van der Waals surface area (Å²) in [7, 11) is 2.18. The molecule has 2 aromatic heterocycles. The molecular weight excluding hydrogens is 330 g/mol. The van der Waals surface area contributed by atoms with Gasteiger partial charge in [-0.2, -0.15) is 0 Å². The monoisotopic (exact) mass is 351 g/mol. The quantitative estimate of drug-likeness (QED) is 0.773. The minimum atomic E-state index is 0.671. The van der Waals surface area contributed by atoms with Gasteiger partial charge in [0.2, 0.25) is 0 Å². The Morgan fingerprint density at radius 2 is 1.68 bits per heavy atom. The molecule has 2 aromatic rings. The molecule has 128 valence electrons. The summed E-state index contributed by atoms with van der Waals surface area (Å²) >= 11 is 1.74. The summed E-state index contributed by atoms with van der Waals surface area (Å²) in [5.41, 5.74) is 2.29. The van der Waals surface area contributed by atoms with Gasteiger partial charge in [0.25, 0.3) is 0 Å². The van der Waals surface area contributed by atoms with Crippen LogP contribution in [0.15, 0.2) is 46.7 Å². The number of anilines is 2. The molecule has 0 unspecified atom stereocenters. The fourth-order valence-corrected chi connectivity index (χ4v) is 4.09. The first-order valence-corrected chi connectivity index (χ1v) is 9.33. The van der Waals surface area contributed by atoms with Gasteiger partial charge in [-0.15, -0.1) is 0 Å². The van der Waals surface area contributed by atoms with E-state index in [1.54, 1.807) is 11.8 Å². The van der Waals surface area contributed by atoms with Crippen molar-refractivity contribution in [1.29, 1.82) is 0 Å². The fourth-order valence-electron chi connectivity index (χ4n) is 3.06. The van der Waals surface area contributed by atoms with Crippen LogP contribution < -0.4 is 4.90 Å². The summed E-state index contributed by atoms with van der Waals surface area (Å²) in [6, 6.07) is 4.11. The molecule has 6 heteroatoms. The van der Waals surface area contributed by atoms with E-state index in [4.69, 9.17) is 0 Å². The topological polar surface area (TPSA) is 35.5 Å². The van der Waals surface area contributed by atoms with Crippen LogP contribution in [0.5, 0.6) is 0 Å². The zero-order valence-corrected chi connectivity index (χ0v) is 15.2. The van der Waals surface area contributed by atoms with Crippen molar-refractivity contribution in [1.82, 2.24) is 19.8 Å². The second-order valence-corrected chi connectivity index (χ2v) is 7.39. The van der Waals surface area contributed by atoms with E-state index in [1.165, 1.54) is 9.79 Å². The van der Waals surface area contributed by atoms with Crippen LogP contribution in [0.2, 0.25) is 0 Å². The molecule has 1 fully saturated rings. The maximum absolute atomic E-state index is 4.30. The van der Waals surface area contributed by atoms with Crippen molar-refractivity contribution in [2.45, 2.75) is 9.79 Å². The summed E-state index contributed by atoms with van der Waals surface area (Å²) in [4.78, 5) is 18.0. The molecule has 0 bridgehead atoms. The van der Waals surface area contributed by atoms with Gasteiger partial charge in [-0.3, -0.25) is 14.9 Å². The lowest BCUT2D eigenvalue weighted by Crippen LogP contribution is -2.44. The molecule has 0 spiro atoms. The number of fused-ring (bicyclic) bond motifs is 2. The lowest BCUT2D eigenvalue weighted by atomic mass is 10.2. The summed E-state index contributed by atoms with van der Waals surface area (Å²) in [5.74, 6) is 6.71. The number of piperazine rings is 1. The first-order valence-electron chi connectivity index (χ1n) is 8.51. The van der Waals surface area contributed by atoms with Gasteiger partial charge < -0.3 is 9.80 Å². The second-order valence-electron chi connectivity index (χ2n) is 6.31. The van der Waals surface area contributed by atoms with Crippen LogP contribution in [0, 0.1) is 11.8 Å². The van der Waals surface area contributed by atoms with Gasteiger partial charge in [-0.05, 0) is 19.2 Å². The van der Waals surface area contributed by atoms with Gasteiger partial charge in [-0.1, -0.05) is 23.6 Å². The Balaban J connectivity index is 1.48. The average Bonchev–Trinajstić information content (AvgIpc) is 2.66. The van der Waals surface area contributed by atoms with Crippen molar-refractivity contribution < 1.29 is 0 Å². The largest absolute Gasteiger partial charge is 0.326 e. The van der Waals surface area contributed by atoms with Crippen LogP contribution in [0.3, 0.4) is 0 Å². The van der Waals surface area contributed by atoms with E-state index in [-0.39, 0.29) is 0 Å². The Morgan fingerprint density at radius 3 is 2.56 bits per heavy atom. The number of aromatic nitrogens is 2. The van der Waals surface area contributed by atoms with Gasteiger partial charge in [0, 0.05) is 49.7 Å². The van der Waals surface area contributed by atoms with Crippen LogP contribution >= 0.6 is 11.8 Å². The third kappa shape index (κ3) is 3.64. The standard InChI is InChI=1S/C19H21N5S/c1-22-10-12-23(13-11-22)8-2-3-9-24-16-4-6-21-15-19(16)25-18-5-7-20-14-17(18)24/h4-7,14-15H,8-13H2,1H3. The third-order valence-corrected chi connectivity index (χ3v) is 5.69. The molecule has 0 N–H and O–H groups in total. The maximum atomic E-state index is 4.30. The van der Waals surface area contributed by atoms with E-state index in [0.29, 0.717) is 6.54 Å². The minimum absolute atomic E-state index is 0.671. The van der Waals surface area contributed by atoms with Gasteiger partial charge in [0.05, 0.1) is 35.6 Å². The van der Waals surface area contributed by atoms with E-state index < -0.39 is 0 Å². The van der Waals surface area contributed by atoms with Crippen molar-refractivity contribution >= 4 is 23.1 Å². The second kappa shape index (κ2) is 7.44. The average molecular weight is 351 g/mol. The SMILES string of the molecule is CN1CCN(CC#CCN2c3ccncc3Sc3ccncc32)CC1. The highest BCUT2D eigenvalue weighted by molar-refractivity contribution is 7.99. The normalized spacial score (nSPS) is 17.4. The number of likely N-dealkylation sites (N-methyl/N-ethyl adjacent to an activating group) is 1. The van der Waals surface area contributed by atoms with Crippen molar-refractivity contribution in [3.8, 4) is 11.8 Å². The number of rotatable bonds is 2. The molecule has 25 heavy (non-hydrogen) atoms. The van der Waals surface area contributed by atoms with Gasteiger partial charge in [0.15, 0.2) is 0 Å². The minimum Gasteiger partial charge on any atom is -0.326 e.